The fourth-order valence-electron chi connectivity index (χ4n) is 1.64. The van der Waals surface area contributed by atoms with Crippen molar-refractivity contribution in [1.82, 2.24) is 5.32 Å². The first-order valence-corrected chi connectivity index (χ1v) is 7.30. The van der Waals surface area contributed by atoms with Gasteiger partial charge in [-0.15, -0.1) is 11.3 Å². The van der Waals surface area contributed by atoms with E-state index >= 15 is 0 Å². The van der Waals surface area contributed by atoms with Crippen LogP contribution in [0.1, 0.15) is 10.4 Å². The minimum absolute atomic E-state index is 0.469. The predicted octanol–water partition coefficient (Wildman–Crippen LogP) is 3.05. The van der Waals surface area contributed by atoms with Gasteiger partial charge in [-0.2, -0.15) is 0 Å². The summed E-state index contributed by atoms with van der Waals surface area (Å²) in [5.41, 5.74) is 6.86. The quantitative estimate of drug-likeness (QED) is 0.657. The van der Waals surface area contributed by atoms with E-state index in [1.54, 1.807) is 11.3 Å². The third-order valence-corrected chi connectivity index (χ3v) is 3.75. The van der Waals surface area contributed by atoms with Crippen LogP contribution in [0.15, 0.2) is 46.8 Å². The molecule has 1 heterocycles. The molecule has 0 fully saturated rings. The van der Waals surface area contributed by atoms with E-state index in [0.29, 0.717) is 12.5 Å². The zero-order valence-electron chi connectivity index (χ0n) is 10.5. The molecule has 100 valence electrons. The molecule has 19 heavy (non-hydrogen) atoms. The minimum Gasteiger partial charge on any atom is -0.370 e. The van der Waals surface area contributed by atoms with Gasteiger partial charge in [-0.25, -0.2) is 4.99 Å². The van der Waals surface area contributed by atoms with Gasteiger partial charge >= 0.3 is 0 Å². The van der Waals surface area contributed by atoms with Crippen molar-refractivity contribution in [2.75, 3.05) is 6.54 Å². The minimum atomic E-state index is 0.469. The number of aliphatic imine (C=N–C) groups is 1. The molecule has 0 radical (unpaired) electrons. The summed E-state index contributed by atoms with van der Waals surface area (Å²) in [6, 6.07) is 11.8. The van der Waals surface area contributed by atoms with Crippen LogP contribution in [0.3, 0.4) is 0 Å². The molecule has 0 aliphatic heterocycles. The second-order valence-electron chi connectivity index (χ2n) is 4.09. The van der Waals surface area contributed by atoms with Gasteiger partial charge in [0.1, 0.15) is 0 Å². The molecule has 2 aromatic rings. The van der Waals surface area contributed by atoms with E-state index in [9.17, 15) is 0 Å². The summed E-state index contributed by atoms with van der Waals surface area (Å²) in [6.07, 6.45) is 0.963. The van der Waals surface area contributed by atoms with Gasteiger partial charge in [-0.05, 0) is 35.6 Å². The standard InChI is InChI=1S/C14H16ClN3S/c15-12-4-1-3-11(9-12)10-18-14(16)17-7-6-13-5-2-8-19-13/h1-5,8-9H,6-7,10H2,(H3,16,17,18). The molecule has 2 rings (SSSR count). The number of nitrogens with two attached hydrogens (primary N) is 1. The van der Waals surface area contributed by atoms with Crippen LogP contribution in [0, 0.1) is 0 Å². The second kappa shape index (κ2) is 7.16. The molecule has 0 unspecified atom stereocenters. The molecule has 0 saturated carbocycles. The highest BCUT2D eigenvalue weighted by Crippen LogP contribution is 2.11. The molecule has 3 nitrogen and oxygen atoms in total. The highest BCUT2D eigenvalue weighted by Gasteiger charge is 1.96. The Hall–Kier alpha value is -1.52. The van der Waals surface area contributed by atoms with Crippen LogP contribution < -0.4 is 11.1 Å². The fraction of sp³-hybridized carbons (Fsp3) is 0.214. The van der Waals surface area contributed by atoms with Gasteiger partial charge in [-0.1, -0.05) is 29.8 Å². The van der Waals surface area contributed by atoms with E-state index < -0.39 is 0 Å². The summed E-state index contributed by atoms with van der Waals surface area (Å²) in [5.74, 6) is 0.469. The van der Waals surface area contributed by atoms with Crippen molar-refractivity contribution < 1.29 is 0 Å². The Labute approximate surface area is 122 Å². The maximum Gasteiger partial charge on any atom is 0.188 e. The number of nitrogens with one attached hydrogen (secondary N) is 1. The van der Waals surface area contributed by atoms with Crippen molar-refractivity contribution >= 4 is 28.9 Å². The largest absolute Gasteiger partial charge is 0.370 e. The molecule has 0 saturated heterocycles. The molecule has 0 spiro atoms. The van der Waals surface area contributed by atoms with Crippen molar-refractivity contribution in [1.29, 1.82) is 0 Å². The second-order valence-corrected chi connectivity index (χ2v) is 5.56. The summed E-state index contributed by atoms with van der Waals surface area (Å²) in [5, 5.41) is 5.90. The molecule has 1 aromatic heterocycles. The third-order valence-electron chi connectivity index (χ3n) is 2.58. The van der Waals surface area contributed by atoms with Crippen molar-refractivity contribution in [2.45, 2.75) is 13.0 Å². The molecule has 3 N–H and O–H groups in total. The van der Waals surface area contributed by atoms with Gasteiger partial charge in [0.05, 0.1) is 6.54 Å². The van der Waals surface area contributed by atoms with Crippen LogP contribution in [0.5, 0.6) is 0 Å². The lowest BCUT2D eigenvalue weighted by Crippen LogP contribution is -2.33. The Morgan fingerprint density at radius 2 is 2.21 bits per heavy atom. The molecule has 5 heteroatoms. The summed E-state index contributed by atoms with van der Waals surface area (Å²) < 4.78 is 0. The van der Waals surface area contributed by atoms with Crippen LogP contribution in [0.25, 0.3) is 0 Å². The van der Waals surface area contributed by atoms with Crippen LogP contribution in [0.2, 0.25) is 5.02 Å². The van der Waals surface area contributed by atoms with Crippen LogP contribution in [-0.2, 0) is 13.0 Å². The topological polar surface area (TPSA) is 50.4 Å². The number of halogens is 1. The lowest BCUT2D eigenvalue weighted by molar-refractivity contribution is 0.857. The molecule has 0 aliphatic carbocycles. The SMILES string of the molecule is NC(=NCc1cccc(Cl)c1)NCCc1cccs1. The van der Waals surface area contributed by atoms with Crippen molar-refractivity contribution in [3.05, 3.63) is 57.2 Å². The van der Waals surface area contributed by atoms with Crippen molar-refractivity contribution in [3.63, 3.8) is 0 Å². The van der Waals surface area contributed by atoms with E-state index in [1.165, 1.54) is 4.88 Å². The molecular weight excluding hydrogens is 278 g/mol. The average molecular weight is 294 g/mol. The maximum atomic E-state index is 5.91. The third kappa shape index (κ3) is 4.93. The molecule has 0 aliphatic rings. The summed E-state index contributed by atoms with van der Waals surface area (Å²) >= 11 is 7.66. The number of guanidine groups is 1. The molecule has 0 bridgehead atoms. The number of hydrogen-bond donors (Lipinski definition) is 2. The van der Waals surface area contributed by atoms with Crippen LogP contribution in [0.4, 0.5) is 0 Å². The molecule has 1 aromatic carbocycles. The van der Waals surface area contributed by atoms with Crippen LogP contribution >= 0.6 is 22.9 Å². The monoisotopic (exact) mass is 293 g/mol. The average Bonchev–Trinajstić information content (AvgIpc) is 2.90. The van der Waals surface area contributed by atoms with E-state index in [4.69, 9.17) is 17.3 Å². The Morgan fingerprint density at radius 1 is 1.32 bits per heavy atom. The van der Waals surface area contributed by atoms with E-state index in [-0.39, 0.29) is 0 Å². The Kier molecular flexibility index (Phi) is 5.24. The van der Waals surface area contributed by atoms with Crippen molar-refractivity contribution in [3.8, 4) is 0 Å². The highest BCUT2D eigenvalue weighted by molar-refractivity contribution is 7.09. The number of nitrogens with zero attached hydrogens (tertiary/aromatic N) is 1. The lowest BCUT2D eigenvalue weighted by atomic mass is 10.2. The fourth-order valence-corrected chi connectivity index (χ4v) is 2.56. The summed E-state index contributed by atoms with van der Waals surface area (Å²) in [6.45, 7) is 1.34. The molecule has 0 atom stereocenters. The van der Waals surface area contributed by atoms with E-state index in [1.807, 2.05) is 24.3 Å². The smallest absolute Gasteiger partial charge is 0.188 e. The number of rotatable bonds is 5. The number of hydrogen-bond acceptors (Lipinski definition) is 2. The zero-order valence-corrected chi connectivity index (χ0v) is 12.0. The molecule has 0 amide bonds. The van der Waals surface area contributed by atoms with Gasteiger partial charge in [0.2, 0.25) is 0 Å². The van der Waals surface area contributed by atoms with Crippen molar-refractivity contribution in [2.24, 2.45) is 10.7 Å². The normalized spacial score (nSPS) is 11.5. The van der Waals surface area contributed by atoms with Gasteiger partial charge < -0.3 is 11.1 Å². The summed E-state index contributed by atoms with van der Waals surface area (Å²) in [4.78, 5) is 5.63. The Bertz CT molecular complexity index is 537. The predicted molar refractivity (Wildman–Crippen MR) is 82.8 cm³/mol. The number of benzene rings is 1. The maximum absolute atomic E-state index is 5.91. The Balaban J connectivity index is 1.76. The van der Waals surface area contributed by atoms with Gasteiger partial charge in [0.15, 0.2) is 5.96 Å². The molecular formula is C14H16ClN3S. The van der Waals surface area contributed by atoms with Crippen LogP contribution in [-0.4, -0.2) is 12.5 Å². The van der Waals surface area contributed by atoms with Gasteiger partial charge in [0, 0.05) is 16.4 Å². The van der Waals surface area contributed by atoms with Gasteiger partial charge in [-0.3, -0.25) is 0 Å². The first-order chi connectivity index (χ1) is 9.24. The lowest BCUT2D eigenvalue weighted by Gasteiger charge is -2.04. The van der Waals surface area contributed by atoms with E-state index in [2.05, 4.69) is 27.8 Å². The highest BCUT2D eigenvalue weighted by atomic mass is 35.5. The van der Waals surface area contributed by atoms with Gasteiger partial charge in [0.25, 0.3) is 0 Å². The first-order valence-electron chi connectivity index (χ1n) is 6.04. The zero-order chi connectivity index (χ0) is 13.5. The summed E-state index contributed by atoms with van der Waals surface area (Å²) in [7, 11) is 0. The van der Waals surface area contributed by atoms with E-state index in [0.717, 1.165) is 23.6 Å². The Morgan fingerprint density at radius 3 is 2.95 bits per heavy atom. The first kappa shape index (κ1) is 13.9. The number of thiophene rings is 1.